The number of piperidine rings is 1. The number of ketones is 1. The number of H-pyrrole nitrogens is 1. The minimum absolute atomic E-state index is 0.00944. The number of aryl methyl sites for hydroxylation is 1. The van der Waals surface area contributed by atoms with Gasteiger partial charge in [-0.1, -0.05) is 19.1 Å². The van der Waals surface area contributed by atoms with Crippen LogP contribution in [0.15, 0.2) is 24.3 Å². The zero-order chi connectivity index (χ0) is 19.8. The van der Waals surface area contributed by atoms with Crippen LogP contribution in [-0.4, -0.2) is 39.6 Å². The molecule has 0 unspecified atom stereocenters. The molecule has 6 heteroatoms. The monoisotopic (exact) mass is 395 g/mol. The summed E-state index contributed by atoms with van der Waals surface area (Å²) in [6, 6.07) is 8.23. The van der Waals surface area contributed by atoms with Crippen molar-refractivity contribution in [2.75, 3.05) is 13.1 Å². The van der Waals surface area contributed by atoms with Gasteiger partial charge in [-0.05, 0) is 50.8 Å². The Morgan fingerprint density at radius 1 is 1.25 bits per heavy atom. The standard InChI is InChI=1S/C22H25N3O2S/c1-4-16-19(14(3)26)13(2)23-20(16)22(27)25-11-9-15(10-12-25)21-24-17-7-5-6-8-18(17)28-21/h5-8,15,23H,4,9-12H2,1-3H3. The van der Waals surface area contributed by atoms with E-state index in [2.05, 4.69) is 17.1 Å². The van der Waals surface area contributed by atoms with Gasteiger partial charge in [-0.25, -0.2) is 4.98 Å². The first-order valence-electron chi connectivity index (χ1n) is 9.86. The number of aromatic amines is 1. The lowest BCUT2D eigenvalue weighted by atomic mass is 9.96. The Bertz CT molecular complexity index is 1010. The smallest absolute Gasteiger partial charge is 0.270 e. The summed E-state index contributed by atoms with van der Waals surface area (Å²) < 4.78 is 1.22. The van der Waals surface area contributed by atoms with Crippen molar-refractivity contribution in [3.8, 4) is 0 Å². The molecule has 0 atom stereocenters. The molecule has 2 aromatic heterocycles. The summed E-state index contributed by atoms with van der Waals surface area (Å²) >= 11 is 1.77. The zero-order valence-electron chi connectivity index (χ0n) is 16.5. The van der Waals surface area contributed by atoms with Crippen molar-refractivity contribution in [1.29, 1.82) is 0 Å². The van der Waals surface area contributed by atoms with Gasteiger partial charge in [0.05, 0.1) is 15.2 Å². The van der Waals surface area contributed by atoms with Gasteiger partial charge in [0.15, 0.2) is 5.78 Å². The van der Waals surface area contributed by atoms with E-state index in [4.69, 9.17) is 4.98 Å². The topological polar surface area (TPSA) is 66.1 Å². The van der Waals surface area contributed by atoms with Crippen LogP contribution >= 0.6 is 11.3 Å². The highest BCUT2D eigenvalue weighted by Gasteiger charge is 2.29. The van der Waals surface area contributed by atoms with E-state index >= 15 is 0 Å². The van der Waals surface area contributed by atoms with Gasteiger partial charge in [-0.3, -0.25) is 9.59 Å². The van der Waals surface area contributed by atoms with Crippen molar-refractivity contribution in [3.05, 3.63) is 51.8 Å². The van der Waals surface area contributed by atoms with Crippen LogP contribution in [0.4, 0.5) is 0 Å². The maximum atomic E-state index is 13.1. The number of thiazole rings is 1. The van der Waals surface area contributed by atoms with Crippen molar-refractivity contribution >= 4 is 33.2 Å². The molecule has 3 aromatic rings. The number of fused-ring (bicyclic) bond motifs is 1. The predicted octanol–water partition coefficient (Wildman–Crippen LogP) is 4.72. The largest absolute Gasteiger partial charge is 0.354 e. The predicted molar refractivity (Wildman–Crippen MR) is 112 cm³/mol. The van der Waals surface area contributed by atoms with E-state index in [-0.39, 0.29) is 11.7 Å². The van der Waals surface area contributed by atoms with Crippen molar-refractivity contribution < 1.29 is 9.59 Å². The van der Waals surface area contributed by atoms with Crippen LogP contribution in [0.3, 0.4) is 0 Å². The third-order valence-corrected chi connectivity index (χ3v) is 6.85. The Morgan fingerprint density at radius 2 is 1.96 bits per heavy atom. The van der Waals surface area contributed by atoms with Gasteiger partial charge in [0.25, 0.3) is 5.91 Å². The van der Waals surface area contributed by atoms with Gasteiger partial charge in [0.2, 0.25) is 0 Å². The van der Waals surface area contributed by atoms with E-state index in [1.165, 1.54) is 9.71 Å². The Hall–Kier alpha value is -2.47. The number of likely N-dealkylation sites (tertiary alicyclic amines) is 1. The number of hydrogen-bond donors (Lipinski definition) is 1. The molecule has 0 bridgehead atoms. The highest BCUT2D eigenvalue weighted by Crippen LogP contribution is 2.34. The fraction of sp³-hybridized carbons (Fsp3) is 0.409. The van der Waals surface area contributed by atoms with Gasteiger partial charge < -0.3 is 9.88 Å². The first kappa shape index (κ1) is 18.9. The molecule has 4 rings (SSSR count). The van der Waals surface area contributed by atoms with Crippen LogP contribution in [0.1, 0.15) is 69.7 Å². The Labute approximate surface area is 168 Å². The van der Waals surface area contributed by atoms with Crippen LogP contribution in [0.5, 0.6) is 0 Å². The number of nitrogens with zero attached hydrogens (tertiary/aromatic N) is 2. The quantitative estimate of drug-likeness (QED) is 0.650. The van der Waals surface area contributed by atoms with E-state index < -0.39 is 0 Å². The average molecular weight is 396 g/mol. The summed E-state index contributed by atoms with van der Waals surface area (Å²) in [4.78, 5) is 35.0. The average Bonchev–Trinajstić information content (AvgIpc) is 3.28. The van der Waals surface area contributed by atoms with Crippen LogP contribution < -0.4 is 0 Å². The molecule has 5 nitrogen and oxygen atoms in total. The first-order chi connectivity index (χ1) is 13.5. The molecule has 146 valence electrons. The highest BCUT2D eigenvalue weighted by molar-refractivity contribution is 7.18. The lowest BCUT2D eigenvalue weighted by Crippen LogP contribution is -2.38. The van der Waals surface area contributed by atoms with Crippen LogP contribution in [0.2, 0.25) is 0 Å². The molecule has 0 aliphatic carbocycles. The minimum Gasteiger partial charge on any atom is -0.354 e. The second-order valence-electron chi connectivity index (χ2n) is 7.47. The number of rotatable bonds is 4. The molecular formula is C22H25N3O2S. The second-order valence-corrected chi connectivity index (χ2v) is 8.54. The van der Waals surface area contributed by atoms with Gasteiger partial charge >= 0.3 is 0 Å². The molecule has 1 amide bonds. The molecule has 1 saturated heterocycles. The molecular weight excluding hydrogens is 370 g/mol. The van der Waals surface area contributed by atoms with Gasteiger partial charge in [-0.15, -0.1) is 11.3 Å². The molecule has 0 radical (unpaired) electrons. The number of benzene rings is 1. The summed E-state index contributed by atoms with van der Waals surface area (Å²) in [6.07, 6.45) is 2.51. The fourth-order valence-electron chi connectivity index (χ4n) is 4.24. The maximum Gasteiger partial charge on any atom is 0.270 e. The van der Waals surface area contributed by atoms with E-state index in [1.54, 1.807) is 18.3 Å². The molecule has 1 aromatic carbocycles. The SMILES string of the molecule is CCc1c(C(=O)N2CCC(c3nc4ccccc4s3)CC2)[nH]c(C)c1C(C)=O. The molecule has 1 fully saturated rings. The number of Topliss-reactive ketones (excluding diaryl/α,β-unsaturated/α-hetero) is 1. The normalized spacial score (nSPS) is 15.3. The minimum atomic E-state index is 0.00944. The Morgan fingerprint density at radius 3 is 2.61 bits per heavy atom. The summed E-state index contributed by atoms with van der Waals surface area (Å²) in [7, 11) is 0. The number of aromatic nitrogens is 2. The molecule has 1 aliphatic rings. The van der Waals surface area contributed by atoms with Gasteiger partial charge in [-0.2, -0.15) is 0 Å². The number of carbonyl (C=O) groups excluding carboxylic acids is 2. The third kappa shape index (κ3) is 3.26. The molecule has 1 N–H and O–H groups in total. The lowest BCUT2D eigenvalue weighted by molar-refractivity contribution is 0.0706. The number of para-hydroxylation sites is 1. The second kappa shape index (κ2) is 7.51. The maximum absolute atomic E-state index is 13.1. The zero-order valence-corrected chi connectivity index (χ0v) is 17.4. The van der Waals surface area contributed by atoms with E-state index in [0.717, 1.165) is 42.7 Å². The van der Waals surface area contributed by atoms with Crippen LogP contribution in [0.25, 0.3) is 10.2 Å². The van der Waals surface area contributed by atoms with Crippen molar-refractivity contribution in [3.63, 3.8) is 0 Å². The number of amides is 1. The lowest BCUT2D eigenvalue weighted by Gasteiger charge is -2.31. The highest BCUT2D eigenvalue weighted by atomic mass is 32.1. The molecule has 0 spiro atoms. The molecule has 3 heterocycles. The number of nitrogens with one attached hydrogen (secondary N) is 1. The number of hydrogen-bond acceptors (Lipinski definition) is 4. The van der Waals surface area contributed by atoms with E-state index in [1.807, 2.05) is 30.9 Å². The van der Waals surface area contributed by atoms with Gasteiger partial charge in [0, 0.05) is 30.3 Å². The summed E-state index contributed by atoms with van der Waals surface area (Å²) in [6.45, 7) is 6.86. The first-order valence-corrected chi connectivity index (χ1v) is 10.7. The van der Waals surface area contributed by atoms with Crippen LogP contribution in [-0.2, 0) is 6.42 Å². The molecule has 1 aliphatic heterocycles. The van der Waals surface area contributed by atoms with Crippen molar-refractivity contribution in [2.45, 2.75) is 46.0 Å². The van der Waals surface area contributed by atoms with Crippen molar-refractivity contribution in [2.24, 2.45) is 0 Å². The van der Waals surface area contributed by atoms with E-state index in [0.29, 0.717) is 23.6 Å². The van der Waals surface area contributed by atoms with Crippen molar-refractivity contribution in [1.82, 2.24) is 14.9 Å². The van der Waals surface area contributed by atoms with Crippen LogP contribution in [0, 0.1) is 6.92 Å². The molecule has 28 heavy (non-hydrogen) atoms. The molecule has 0 saturated carbocycles. The summed E-state index contributed by atoms with van der Waals surface area (Å²) in [5, 5.41) is 1.18. The third-order valence-electron chi connectivity index (χ3n) is 5.65. The number of carbonyl (C=O) groups is 2. The summed E-state index contributed by atoms with van der Waals surface area (Å²) in [5.74, 6) is 0.430. The van der Waals surface area contributed by atoms with Gasteiger partial charge in [0.1, 0.15) is 5.69 Å². The Kier molecular flexibility index (Phi) is 5.06. The Balaban J connectivity index is 1.50. The fourth-order valence-corrected chi connectivity index (χ4v) is 5.38. The summed E-state index contributed by atoms with van der Waals surface area (Å²) in [5.41, 5.74) is 3.96. The van der Waals surface area contributed by atoms with E-state index in [9.17, 15) is 9.59 Å².